The Bertz CT molecular complexity index is 406. The lowest BCUT2D eigenvalue weighted by Crippen LogP contribution is -3.00. The molecule has 2 rings (SSSR count). The van der Waals surface area contributed by atoms with Crippen molar-refractivity contribution in [2.75, 3.05) is 0 Å². The highest BCUT2D eigenvalue weighted by Gasteiger charge is 2.05. The molecule has 0 aliphatic rings. The molecule has 0 atom stereocenters. The second-order valence-corrected chi connectivity index (χ2v) is 3.75. The Morgan fingerprint density at radius 2 is 1.87 bits per heavy atom. The molecular weight excluding hydrogens is 254 g/mol. The number of aromatic nitrogens is 2. The van der Waals surface area contributed by atoms with Crippen LogP contribution < -0.4 is 12.4 Å². The third kappa shape index (κ3) is 2.88. The number of imidazole rings is 1. The second kappa shape index (κ2) is 5.40. The number of benzene rings is 1. The lowest BCUT2D eigenvalue weighted by molar-refractivity contribution is -0.00000270. The van der Waals surface area contributed by atoms with Crippen molar-refractivity contribution < 1.29 is 12.4 Å². The lowest BCUT2D eigenvalue weighted by Gasteiger charge is -2.06. The van der Waals surface area contributed by atoms with Gasteiger partial charge in [-0.05, 0) is 12.1 Å². The fraction of sp³-hybridized carbons (Fsp3) is 0.100. The lowest BCUT2D eigenvalue weighted by atomic mass is 10.2. The minimum Gasteiger partial charge on any atom is -1.00 e. The Hall–Kier alpha value is -0.700. The molecule has 5 heteroatoms. The van der Waals surface area contributed by atoms with Crippen molar-refractivity contribution in [1.82, 2.24) is 9.55 Å². The van der Waals surface area contributed by atoms with Gasteiger partial charge in [0, 0.05) is 28.0 Å². The van der Waals surface area contributed by atoms with Crippen LogP contribution in [0.2, 0.25) is 10.0 Å². The van der Waals surface area contributed by atoms with Gasteiger partial charge in [0.2, 0.25) is 0 Å². The second-order valence-electron chi connectivity index (χ2n) is 2.94. The first-order valence-electron chi connectivity index (χ1n) is 4.16. The van der Waals surface area contributed by atoms with Crippen LogP contribution in [0.25, 0.3) is 0 Å². The molecule has 0 radical (unpaired) electrons. The van der Waals surface area contributed by atoms with Crippen LogP contribution in [0, 0.1) is 0 Å². The first-order chi connectivity index (χ1) is 6.77. The fourth-order valence-electron chi connectivity index (χ4n) is 1.25. The van der Waals surface area contributed by atoms with Gasteiger partial charge < -0.3 is 17.0 Å². The minimum atomic E-state index is 0. The summed E-state index contributed by atoms with van der Waals surface area (Å²) in [6.07, 6.45) is 5.34. The van der Waals surface area contributed by atoms with E-state index in [0.717, 1.165) is 5.56 Å². The average molecular weight is 263 g/mol. The molecule has 0 amide bonds. The first-order valence-corrected chi connectivity index (χ1v) is 4.91. The number of hydrogen-bond donors (Lipinski definition) is 0. The Labute approximate surface area is 104 Å². The summed E-state index contributed by atoms with van der Waals surface area (Å²) in [5, 5.41) is 1.37. The summed E-state index contributed by atoms with van der Waals surface area (Å²) in [4.78, 5) is 3.95. The summed E-state index contributed by atoms with van der Waals surface area (Å²) >= 11 is 12.1. The van der Waals surface area contributed by atoms with Crippen molar-refractivity contribution >= 4 is 23.2 Å². The highest BCUT2D eigenvalue weighted by molar-refractivity contribution is 6.35. The summed E-state index contributed by atoms with van der Waals surface area (Å²) in [5.74, 6) is 0. The highest BCUT2D eigenvalue weighted by atomic mass is 35.5. The van der Waals surface area contributed by atoms with Gasteiger partial charge in [0.25, 0.3) is 0 Å². The van der Waals surface area contributed by atoms with E-state index in [1.165, 1.54) is 0 Å². The maximum atomic E-state index is 6.03. The summed E-state index contributed by atoms with van der Waals surface area (Å²) in [6, 6.07) is 5.50. The van der Waals surface area contributed by atoms with E-state index in [1.54, 1.807) is 12.5 Å². The van der Waals surface area contributed by atoms with Gasteiger partial charge in [-0.3, -0.25) is 0 Å². The Balaban J connectivity index is 0.00000112. The highest BCUT2D eigenvalue weighted by Crippen LogP contribution is 2.24. The topological polar surface area (TPSA) is 17.8 Å². The normalized spacial score (nSPS) is 9.73. The third-order valence-electron chi connectivity index (χ3n) is 1.96. The van der Waals surface area contributed by atoms with Crippen molar-refractivity contribution in [2.45, 2.75) is 6.54 Å². The molecule has 0 bridgehead atoms. The molecule has 0 saturated carbocycles. The molecule has 1 aromatic carbocycles. The van der Waals surface area contributed by atoms with Crippen LogP contribution in [-0.2, 0) is 6.54 Å². The molecule has 0 aliphatic heterocycles. The van der Waals surface area contributed by atoms with Crippen molar-refractivity contribution in [3.05, 3.63) is 52.5 Å². The van der Waals surface area contributed by atoms with Crippen molar-refractivity contribution in [3.8, 4) is 0 Å². The van der Waals surface area contributed by atoms with Gasteiger partial charge >= 0.3 is 0 Å². The minimum absolute atomic E-state index is 0. The smallest absolute Gasteiger partial charge is 0.0949 e. The first kappa shape index (κ1) is 12.4. The number of rotatable bonds is 2. The predicted molar refractivity (Wildman–Crippen MR) is 57.8 cm³/mol. The van der Waals surface area contributed by atoms with Crippen LogP contribution in [0.5, 0.6) is 0 Å². The van der Waals surface area contributed by atoms with E-state index in [0.29, 0.717) is 16.6 Å². The number of hydrogen-bond acceptors (Lipinski definition) is 1. The summed E-state index contributed by atoms with van der Waals surface area (Å²) in [5.41, 5.74) is 0.925. The predicted octanol–water partition coefficient (Wildman–Crippen LogP) is 0.242. The molecule has 80 valence electrons. The largest absolute Gasteiger partial charge is 1.00 e. The molecule has 0 saturated heterocycles. The molecule has 0 fully saturated rings. The van der Waals surface area contributed by atoms with Crippen LogP contribution in [0.15, 0.2) is 36.9 Å². The molecule has 0 spiro atoms. The Kier molecular flexibility index (Phi) is 4.45. The molecular formula is C10H8Cl3N2-. The summed E-state index contributed by atoms with van der Waals surface area (Å²) in [6.45, 7) is 0.651. The average Bonchev–Trinajstić information content (AvgIpc) is 2.64. The standard InChI is InChI=1S/C10H8Cl2N2.ClH/c11-9-2-1-3-10(12)8(9)6-14-5-4-13-7-14;/h1-5,7H,6H2;1H/p-1. The Morgan fingerprint density at radius 3 is 2.40 bits per heavy atom. The van der Waals surface area contributed by atoms with E-state index in [1.807, 2.05) is 29.0 Å². The maximum Gasteiger partial charge on any atom is 0.0949 e. The number of halogens is 3. The molecule has 2 aromatic rings. The molecule has 1 heterocycles. The van der Waals surface area contributed by atoms with Crippen molar-refractivity contribution in [3.63, 3.8) is 0 Å². The molecule has 0 unspecified atom stereocenters. The van der Waals surface area contributed by atoms with E-state index in [2.05, 4.69) is 4.98 Å². The quantitative estimate of drug-likeness (QED) is 0.758. The van der Waals surface area contributed by atoms with E-state index >= 15 is 0 Å². The summed E-state index contributed by atoms with van der Waals surface area (Å²) in [7, 11) is 0. The van der Waals surface area contributed by atoms with Crippen LogP contribution in [0.4, 0.5) is 0 Å². The number of nitrogens with zero attached hydrogens (tertiary/aromatic N) is 2. The van der Waals surface area contributed by atoms with Gasteiger partial charge in [0.15, 0.2) is 0 Å². The third-order valence-corrected chi connectivity index (χ3v) is 2.67. The molecule has 15 heavy (non-hydrogen) atoms. The molecule has 1 aromatic heterocycles. The van der Waals surface area contributed by atoms with E-state index in [4.69, 9.17) is 23.2 Å². The zero-order valence-corrected chi connectivity index (χ0v) is 9.97. The summed E-state index contributed by atoms with van der Waals surface area (Å²) < 4.78 is 1.92. The van der Waals surface area contributed by atoms with Crippen LogP contribution >= 0.6 is 23.2 Å². The van der Waals surface area contributed by atoms with Crippen LogP contribution in [0.1, 0.15) is 5.56 Å². The van der Waals surface area contributed by atoms with Crippen LogP contribution in [-0.4, -0.2) is 9.55 Å². The molecule has 0 N–H and O–H groups in total. The maximum absolute atomic E-state index is 6.03. The van der Waals surface area contributed by atoms with Gasteiger partial charge in [-0.1, -0.05) is 29.3 Å². The molecule has 2 nitrogen and oxygen atoms in total. The van der Waals surface area contributed by atoms with Gasteiger partial charge in [-0.2, -0.15) is 0 Å². The van der Waals surface area contributed by atoms with Gasteiger partial charge in [0.05, 0.1) is 12.9 Å². The van der Waals surface area contributed by atoms with Gasteiger partial charge in [0.1, 0.15) is 0 Å². The van der Waals surface area contributed by atoms with Gasteiger partial charge in [-0.15, -0.1) is 0 Å². The molecule has 0 aliphatic carbocycles. The monoisotopic (exact) mass is 261 g/mol. The zero-order valence-electron chi connectivity index (χ0n) is 7.70. The van der Waals surface area contributed by atoms with E-state index < -0.39 is 0 Å². The SMILES string of the molecule is Clc1cccc(Cl)c1Cn1ccnc1.[Cl-]. The van der Waals surface area contributed by atoms with E-state index in [9.17, 15) is 0 Å². The van der Waals surface area contributed by atoms with Crippen LogP contribution in [0.3, 0.4) is 0 Å². The Morgan fingerprint density at radius 1 is 1.20 bits per heavy atom. The van der Waals surface area contributed by atoms with Crippen molar-refractivity contribution in [1.29, 1.82) is 0 Å². The van der Waals surface area contributed by atoms with E-state index in [-0.39, 0.29) is 12.4 Å². The van der Waals surface area contributed by atoms with Gasteiger partial charge in [-0.25, -0.2) is 4.98 Å². The van der Waals surface area contributed by atoms with Crippen molar-refractivity contribution in [2.24, 2.45) is 0 Å². The fourth-order valence-corrected chi connectivity index (χ4v) is 1.76. The zero-order chi connectivity index (χ0) is 9.97.